The summed E-state index contributed by atoms with van der Waals surface area (Å²) in [6.45, 7) is 5.02. The van der Waals surface area contributed by atoms with Crippen molar-refractivity contribution in [2.45, 2.75) is 58.3 Å². The van der Waals surface area contributed by atoms with E-state index in [0.717, 1.165) is 51.6 Å². The van der Waals surface area contributed by atoms with E-state index in [2.05, 4.69) is 12.2 Å². The normalized spacial score (nSPS) is 16.8. The summed E-state index contributed by atoms with van der Waals surface area (Å²) < 4.78 is 0. The second-order valence-electron chi connectivity index (χ2n) is 7.54. The molecule has 0 atom stereocenters. The van der Waals surface area contributed by atoms with Gasteiger partial charge >= 0.3 is 0 Å². The van der Waals surface area contributed by atoms with E-state index in [9.17, 15) is 19.2 Å². The average Bonchev–Trinajstić information content (AvgIpc) is 2.93. The van der Waals surface area contributed by atoms with Gasteiger partial charge in [0.25, 0.3) is 11.8 Å². The van der Waals surface area contributed by atoms with E-state index in [1.807, 2.05) is 4.90 Å². The topological polar surface area (TPSA) is 86.8 Å². The highest BCUT2D eigenvalue weighted by Crippen LogP contribution is 2.16. The van der Waals surface area contributed by atoms with Crippen molar-refractivity contribution in [2.75, 3.05) is 26.2 Å². The van der Waals surface area contributed by atoms with Crippen molar-refractivity contribution in [3.63, 3.8) is 0 Å². The zero-order chi connectivity index (χ0) is 19.6. The Morgan fingerprint density at radius 2 is 1.59 bits per heavy atom. The number of imide groups is 1. The highest BCUT2D eigenvalue weighted by molar-refractivity contribution is 6.12. The standard InChI is InChI=1S/C20H31N3O4/c1-16-14-22(15-16)18(25)9-5-2-6-12-21-17(24)8-4-3-7-13-23-19(26)10-11-20(23)27/h10-11,16H,2-9,12-15H2,1H3,(H,21,24). The number of nitrogens with one attached hydrogen (secondary N) is 1. The maximum atomic E-state index is 11.8. The van der Waals surface area contributed by atoms with E-state index in [-0.39, 0.29) is 23.6 Å². The molecule has 7 nitrogen and oxygen atoms in total. The molecule has 4 amide bonds. The first-order valence-corrected chi connectivity index (χ1v) is 10.1. The number of hydrogen-bond donors (Lipinski definition) is 1. The molecule has 1 saturated heterocycles. The monoisotopic (exact) mass is 377 g/mol. The van der Waals surface area contributed by atoms with Crippen LogP contribution in [0.1, 0.15) is 58.3 Å². The molecular formula is C20H31N3O4. The predicted octanol–water partition coefficient (Wildman–Crippen LogP) is 1.63. The molecule has 0 bridgehead atoms. The van der Waals surface area contributed by atoms with Crippen LogP contribution >= 0.6 is 0 Å². The Labute approximate surface area is 161 Å². The lowest BCUT2D eigenvalue weighted by Crippen LogP contribution is -2.48. The molecule has 0 aliphatic carbocycles. The lowest BCUT2D eigenvalue weighted by Gasteiger charge is -2.37. The highest BCUT2D eigenvalue weighted by Gasteiger charge is 2.26. The fourth-order valence-electron chi connectivity index (χ4n) is 3.34. The molecule has 1 fully saturated rings. The van der Waals surface area contributed by atoms with Gasteiger partial charge in [-0.15, -0.1) is 0 Å². The van der Waals surface area contributed by atoms with Gasteiger partial charge in [0.1, 0.15) is 0 Å². The summed E-state index contributed by atoms with van der Waals surface area (Å²) in [4.78, 5) is 49.5. The summed E-state index contributed by atoms with van der Waals surface area (Å²) in [5.41, 5.74) is 0. The van der Waals surface area contributed by atoms with Crippen LogP contribution in [0.5, 0.6) is 0 Å². The van der Waals surface area contributed by atoms with Gasteiger partial charge in [0.2, 0.25) is 11.8 Å². The predicted molar refractivity (Wildman–Crippen MR) is 102 cm³/mol. The summed E-state index contributed by atoms with van der Waals surface area (Å²) in [6.07, 6.45) is 8.64. The Morgan fingerprint density at radius 1 is 0.963 bits per heavy atom. The highest BCUT2D eigenvalue weighted by atomic mass is 16.2. The molecule has 27 heavy (non-hydrogen) atoms. The lowest BCUT2D eigenvalue weighted by atomic mass is 10.0. The van der Waals surface area contributed by atoms with Crippen molar-refractivity contribution < 1.29 is 19.2 Å². The lowest BCUT2D eigenvalue weighted by molar-refractivity contribution is -0.138. The fourth-order valence-corrected chi connectivity index (χ4v) is 3.34. The zero-order valence-corrected chi connectivity index (χ0v) is 16.2. The first-order valence-electron chi connectivity index (χ1n) is 10.1. The zero-order valence-electron chi connectivity index (χ0n) is 16.2. The van der Waals surface area contributed by atoms with E-state index in [1.54, 1.807) is 0 Å². The van der Waals surface area contributed by atoms with E-state index >= 15 is 0 Å². The van der Waals surface area contributed by atoms with Crippen LogP contribution in [0, 0.1) is 5.92 Å². The summed E-state index contributed by atoms with van der Waals surface area (Å²) in [5.74, 6) is 0.435. The van der Waals surface area contributed by atoms with E-state index in [1.165, 1.54) is 17.1 Å². The molecular weight excluding hydrogens is 346 g/mol. The number of nitrogens with zero attached hydrogens (tertiary/aromatic N) is 2. The minimum absolute atomic E-state index is 0.0376. The van der Waals surface area contributed by atoms with Gasteiger partial charge in [-0.2, -0.15) is 0 Å². The molecule has 2 aliphatic rings. The van der Waals surface area contributed by atoms with Crippen LogP contribution in [-0.4, -0.2) is 59.6 Å². The molecule has 0 spiro atoms. The molecule has 7 heteroatoms. The number of carbonyl (C=O) groups is 4. The first-order chi connectivity index (χ1) is 13.0. The molecule has 2 aliphatic heterocycles. The third kappa shape index (κ3) is 7.15. The Balaban J connectivity index is 1.38. The molecule has 150 valence electrons. The SMILES string of the molecule is CC1CN(C(=O)CCCCCNC(=O)CCCCCN2C(=O)C=CC2=O)C1. The van der Waals surface area contributed by atoms with Crippen molar-refractivity contribution >= 4 is 23.6 Å². The van der Waals surface area contributed by atoms with Crippen LogP contribution < -0.4 is 5.32 Å². The van der Waals surface area contributed by atoms with Gasteiger partial charge in [0.15, 0.2) is 0 Å². The smallest absolute Gasteiger partial charge is 0.253 e. The number of likely N-dealkylation sites (tertiary alicyclic amines) is 1. The Morgan fingerprint density at radius 3 is 2.26 bits per heavy atom. The molecule has 0 aromatic carbocycles. The summed E-state index contributed by atoms with van der Waals surface area (Å²) >= 11 is 0. The van der Waals surface area contributed by atoms with E-state index < -0.39 is 0 Å². The molecule has 0 unspecified atom stereocenters. The van der Waals surface area contributed by atoms with Crippen LogP contribution in [0.25, 0.3) is 0 Å². The van der Waals surface area contributed by atoms with Crippen LogP contribution in [0.2, 0.25) is 0 Å². The average molecular weight is 377 g/mol. The molecule has 0 radical (unpaired) electrons. The Hall–Kier alpha value is -2.18. The minimum Gasteiger partial charge on any atom is -0.356 e. The van der Waals surface area contributed by atoms with Crippen LogP contribution in [0.15, 0.2) is 12.2 Å². The Kier molecular flexibility index (Phi) is 8.48. The maximum Gasteiger partial charge on any atom is 0.253 e. The van der Waals surface area contributed by atoms with Gasteiger partial charge in [-0.05, 0) is 31.6 Å². The van der Waals surface area contributed by atoms with Gasteiger partial charge in [-0.25, -0.2) is 0 Å². The second kappa shape index (κ2) is 10.8. The van der Waals surface area contributed by atoms with Crippen molar-refractivity contribution in [1.29, 1.82) is 0 Å². The van der Waals surface area contributed by atoms with Gasteiger partial charge in [-0.1, -0.05) is 19.8 Å². The van der Waals surface area contributed by atoms with Crippen molar-refractivity contribution in [1.82, 2.24) is 15.1 Å². The molecule has 1 N–H and O–H groups in total. The third-order valence-corrected chi connectivity index (χ3v) is 4.99. The van der Waals surface area contributed by atoms with Crippen molar-refractivity contribution in [3.05, 3.63) is 12.2 Å². The minimum atomic E-state index is -0.251. The molecule has 2 heterocycles. The first kappa shape index (κ1) is 21.1. The quantitative estimate of drug-likeness (QED) is 0.414. The van der Waals surface area contributed by atoms with Crippen molar-refractivity contribution in [3.8, 4) is 0 Å². The van der Waals surface area contributed by atoms with Crippen molar-refractivity contribution in [2.24, 2.45) is 5.92 Å². The Bertz CT molecular complexity index is 564. The number of carbonyl (C=O) groups excluding carboxylic acids is 4. The number of rotatable bonds is 12. The maximum absolute atomic E-state index is 11.8. The fraction of sp³-hybridized carbons (Fsp3) is 0.700. The van der Waals surface area contributed by atoms with E-state index in [4.69, 9.17) is 0 Å². The molecule has 0 saturated carbocycles. The number of unbranched alkanes of at least 4 members (excludes halogenated alkanes) is 4. The number of amides is 4. The van der Waals surface area contributed by atoms with Crippen LogP contribution in [0.3, 0.4) is 0 Å². The third-order valence-electron chi connectivity index (χ3n) is 4.99. The molecule has 0 aromatic rings. The second-order valence-corrected chi connectivity index (χ2v) is 7.54. The van der Waals surface area contributed by atoms with Crippen LogP contribution in [0.4, 0.5) is 0 Å². The molecule has 0 aromatic heterocycles. The number of hydrogen-bond acceptors (Lipinski definition) is 4. The summed E-state index contributed by atoms with van der Waals surface area (Å²) in [5, 5.41) is 2.90. The summed E-state index contributed by atoms with van der Waals surface area (Å²) in [6, 6.07) is 0. The van der Waals surface area contributed by atoms with Gasteiger partial charge in [-0.3, -0.25) is 24.1 Å². The van der Waals surface area contributed by atoms with Gasteiger partial charge in [0.05, 0.1) is 0 Å². The van der Waals surface area contributed by atoms with Gasteiger partial charge < -0.3 is 10.2 Å². The van der Waals surface area contributed by atoms with Crippen LogP contribution in [-0.2, 0) is 19.2 Å². The largest absolute Gasteiger partial charge is 0.356 e. The molecule has 2 rings (SSSR count). The summed E-state index contributed by atoms with van der Waals surface area (Å²) in [7, 11) is 0. The van der Waals surface area contributed by atoms with E-state index in [0.29, 0.717) is 31.8 Å². The van der Waals surface area contributed by atoms with Gasteiger partial charge in [0, 0.05) is 51.2 Å².